The van der Waals surface area contributed by atoms with E-state index in [0.29, 0.717) is 20.5 Å². The molecule has 0 aliphatic carbocycles. The van der Waals surface area contributed by atoms with Crippen molar-refractivity contribution in [3.63, 3.8) is 0 Å². The molecule has 0 bridgehead atoms. The topological polar surface area (TPSA) is 47.8 Å². The van der Waals surface area contributed by atoms with E-state index in [1.54, 1.807) is 24.4 Å². The Labute approximate surface area is 154 Å². The van der Waals surface area contributed by atoms with Gasteiger partial charge in [-0.05, 0) is 45.1 Å². The molecule has 1 aromatic rings. The van der Waals surface area contributed by atoms with Gasteiger partial charge in [0.05, 0.1) is 6.21 Å². The molecule has 0 fully saturated rings. The van der Waals surface area contributed by atoms with Crippen LogP contribution in [-0.4, -0.2) is 26.6 Å². The number of dihydropyridines is 1. The Morgan fingerprint density at radius 3 is 2.65 bits per heavy atom. The summed E-state index contributed by atoms with van der Waals surface area (Å²) in [5, 5.41) is 0.934. The van der Waals surface area contributed by atoms with Crippen molar-refractivity contribution in [3.05, 3.63) is 45.5 Å². The Morgan fingerprint density at radius 2 is 2.04 bits per heavy atom. The molecule has 1 aromatic carbocycles. The van der Waals surface area contributed by atoms with Gasteiger partial charge in [-0.25, -0.2) is 0 Å². The Bertz CT molecular complexity index is 709. The van der Waals surface area contributed by atoms with E-state index in [9.17, 15) is 4.55 Å². The first-order valence-electron chi connectivity index (χ1n) is 6.89. The van der Waals surface area contributed by atoms with Crippen LogP contribution in [0, 0.1) is 0 Å². The van der Waals surface area contributed by atoms with Gasteiger partial charge in [0, 0.05) is 32.3 Å². The number of allylic oxidation sites excluding steroid dienone is 1. The minimum Gasteiger partial charge on any atom is -0.591 e. The normalized spacial score (nSPS) is 19.6. The van der Waals surface area contributed by atoms with Gasteiger partial charge in [-0.3, -0.25) is 4.99 Å². The number of aliphatic imine (C=N–C) groups is 1. The lowest BCUT2D eigenvalue weighted by Crippen LogP contribution is -2.26. The standard InChI is InChI=1S/C16H16Cl2N2OS2/c1-16(2,3)23(21)20-9-10-7-11(17)8-12(18)14(10)15-13(22)5-4-6-19-15/h4-9,15H,1-3H3/b20-9-. The fourth-order valence-corrected chi connectivity index (χ4v) is 3.31. The molecule has 0 amide bonds. The van der Waals surface area contributed by atoms with Crippen molar-refractivity contribution in [1.29, 1.82) is 0 Å². The van der Waals surface area contributed by atoms with Crippen molar-refractivity contribution < 1.29 is 4.55 Å². The molecule has 2 rings (SSSR count). The van der Waals surface area contributed by atoms with Crippen molar-refractivity contribution >= 4 is 64.1 Å². The first-order chi connectivity index (χ1) is 10.7. The quantitative estimate of drug-likeness (QED) is 0.420. The lowest BCUT2D eigenvalue weighted by atomic mass is 9.97. The van der Waals surface area contributed by atoms with Crippen LogP contribution >= 0.6 is 35.4 Å². The van der Waals surface area contributed by atoms with E-state index in [1.807, 2.05) is 26.8 Å². The first kappa shape index (κ1) is 18.6. The number of hydrogen-bond donors (Lipinski definition) is 0. The van der Waals surface area contributed by atoms with Crippen LogP contribution in [0.25, 0.3) is 0 Å². The fraction of sp³-hybridized carbons (Fsp3) is 0.312. The van der Waals surface area contributed by atoms with E-state index in [2.05, 4.69) is 9.39 Å². The van der Waals surface area contributed by atoms with E-state index < -0.39 is 16.1 Å². The Hall–Kier alpha value is -0.720. The third-order valence-electron chi connectivity index (χ3n) is 3.06. The monoisotopic (exact) mass is 386 g/mol. The maximum absolute atomic E-state index is 12.1. The summed E-state index contributed by atoms with van der Waals surface area (Å²) in [6, 6.07) is 3.00. The highest BCUT2D eigenvalue weighted by molar-refractivity contribution is 7.91. The van der Waals surface area contributed by atoms with Gasteiger partial charge in [-0.2, -0.15) is 0 Å². The summed E-state index contributed by atoms with van der Waals surface area (Å²) in [5.41, 5.74) is 1.39. The molecule has 1 aliphatic rings. The molecular formula is C16H16Cl2N2OS2. The molecule has 1 aliphatic heterocycles. The number of benzene rings is 1. The highest BCUT2D eigenvalue weighted by Gasteiger charge is 2.27. The summed E-state index contributed by atoms with van der Waals surface area (Å²) >= 11 is 16.4. The van der Waals surface area contributed by atoms with Crippen LogP contribution in [0.1, 0.15) is 37.9 Å². The van der Waals surface area contributed by atoms with E-state index >= 15 is 0 Å². The summed E-state index contributed by atoms with van der Waals surface area (Å²) in [5.74, 6) is 0. The molecule has 0 N–H and O–H groups in total. The SMILES string of the molecule is CC(C)(C)[S+]([O-])/N=C\c1cc(Cl)cc(Cl)c1C1N=CC=CC1=S. The fourth-order valence-electron chi connectivity index (χ4n) is 1.92. The Morgan fingerprint density at radius 1 is 1.35 bits per heavy atom. The van der Waals surface area contributed by atoms with Crippen molar-refractivity contribution in [2.75, 3.05) is 0 Å². The van der Waals surface area contributed by atoms with Crippen LogP contribution in [0.15, 0.2) is 33.7 Å². The van der Waals surface area contributed by atoms with Gasteiger partial charge in [-0.15, -0.1) is 0 Å². The Balaban J connectivity index is 2.47. The summed E-state index contributed by atoms with van der Waals surface area (Å²) < 4.78 is 15.8. The van der Waals surface area contributed by atoms with Crippen molar-refractivity contribution in [2.24, 2.45) is 9.39 Å². The molecule has 0 radical (unpaired) electrons. The molecule has 2 atom stereocenters. The average molecular weight is 387 g/mol. The second-order valence-electron chi connectivity index (χ2n) is 5.95. The van der Waals surface area contributed by atoms with E-state index in [1.165, 1.54) is 6.21 Å². The van der Waals surface area contributed by atoms with Crippen molar-refractivity contribution in [3.8, 4) is 0 Å². The summed E-state index contributed by atoms with van der Waals surface area (Å²) in [6.07, 6.45) is 6.81. The molecule has 0 aromatic heterocycles. The van der Waals surface area contributed by atoms with Gasteiger partial charge >= 0.3 is 0 Å². The highest BCUT2D eigenvalue weighted by atomic mass is 35.5. The summed E-state index contributed by atoms with van der Waals surface area (Å²) in [7, 11) is 0. The minimum absolute atomic E-state index is 0.371. The zero-order valence-electron chi connectivity index (χ0n) is 12.9. The second-order valence-corrected chi connectivity index (χ2v) is 9.20. The van der Waals surface area contributed by atoms with E-state index in [0.717, 1.165) is 5.56 Å². The van der Waals surface area contributed by atoms with Gasteiger partial charge in [0.2, 0.25) is 0 Å². The molecule has 1 heterocycles. The van der Waals surface area contributed by atoms with E-state index in [-0.39, 0.29) is 6.04 Å². The average Bonchev–Trinajstić information content (AvgIpc) is 2.44. The van der Waals surface area contributed by atoms with Crippen molar-refractivity contribution in [1.82, 2.24) is 0 Å². The van der Waals surface area contributed by atoms with Gasteiger partial charge in [0.25, 0.3) is 0 Å². The number of thiocarbonyl (C=S) groups is 1. The lowest BCUT2D eigenvalue weighted by Gasteiger charge is -2.20. The number of halogens is 2. The second kappa shape index (κ2) is 7.45. The third-order valence-corrected chi connectivity index (χ3v) is 5.30. The van der Waals surface area contributed by atoms with Crippen LogP contribution in [-0.2, 0) is 11.4 Å². The highest BCUT2D eigenvalue weighted by Crippen LogP contribution is 2.34. The number of rotatable bonds is 3. The number of hydrogen-bond acceptors (Lipinski definition) is 4. The van der Waals surface area contributed by atoms with Crippen LogP contribution in [0.3, 0.4) is 0 Å². The Kier molecular flexibility index (Phi) is 6.03. The first-order valence-corrected chi connectivity index (χ1v) is 9.16. The van der Waals surface area contributed by atoms with Gasteiger partial charge < -0.3 is 4.55 Å². The van der Waals surface area contributed by atoms with Gasteiger partial charge in [0.1, 0.15) is 22.2 Å². The predicted octanol–water partition coefficient (Wildman–Crippen LogP) is 4.93. The minimum atomic E-state index is -1.37. The molecule has 3 nitrogen and oxygen atoms in total. The molecule has 0 saturated carbocycles. The molecular weight excluding hydrogens is 371 g/mol. The maximum atomic E-state index is 12.1. The smallest absolute Gasteiger partial charge is 0.144 e. The third kappa shape index (κ3) is 4.64. The molecule has 23 heavy (non-hydrogen) atoms. The lowest BCUT2D eigenvalue weighted by molar-refractivity contribution is 0.562. The molecule has 2 unspecified atom stereocenters. The zero-order chi connectivity index (χ0) is 17.2. The van der Waals surface area contributed by atoms with Crippen molar-refractivity contribution in [2.45, 2.75) is 31.6 Å². The maximum Gasteiger partial charge on any atom is 0.144 e. The largest absolute Gasteiger partial charge is 0.591 e. The van der Waals surface area contributed by atoms with Gasteiger partial charge in [0.15, 0.2) is 0 Å². The van der Waals surface area contributed by atoms with Crippen LogP contribution in [0.2, 0.25) is 10.0 Å². The zero-order valence-corrected chi connectivity index (χ0v) is 16.1. The van der Waals surface area contributed by atoms with E-state index in [4.69, 9.17) is 35.4 Å². The molecule has 7 heteroatoms. The molecule has 0 saturated heterocycles. The molecule has 0 spiro atoms. The van der Waals surface area contributed by atoms with Crippen LogP contribution < -0.4 is 0 Å². The summed E-state index contributed by atoms with van der Waals surface area (Å²) in [6.45, 7) is 5.58. The van der Waals surface area contributed by atoms with Gasteiger partial charge in [-0.1, -0.05) is 39.8 Å². The van der Waals surface area contributed by atoms with Crippen LogP contribution in [0.5, 0.6) is 0 Å². The number of nitrogens with zero attached hydrogens (tertiary/aromatic N) is 2. The predicted molar refractivity (Wildman–Crippen MR) is 105 cm³/mol. The van der Waals surface area contributed by atoms with Crippen LogP contribution in [0.4, 0.5) is 0 Å². The molecule has 122 valence electrons. The summed E-state index contributed by atoms with van der Waals surface area (Å²) in [4.78, 5) is 5.05.